The molecule has 8 unspecified atom stereocenters. The Labute approximate surface area is 315 Å². The number of nitrogens with one attached hydrogen (secondary N) is 6. The lowest BCUT2D eigenvalue weighted by atomic mass is 9.94. The molecule has 0 aliphatic heterocycles. The van der Waals surface area contributed by atoms with Gasteiger partial charge in [0.15, 0.2) is 0 Å². The van der Waals surface area contributed by atoms with Crippen molar-refractivity contribution in [2.24, 2.45) is 23.5 Å². The molecule has 1 heterocycles. The summed E-state index contributed by atoms with van der Waals surface area (Å²) in [6.45, 7) is 10.6. The number of aromatic nitrogens is 1. The van der Waals surface area contributed by atoms with Crippen molar-refractivity contribution in [3.05, 3.63) is 36.0 Å². The molecule has 0 bridgehead atoms. The molecule has 0 saturated carbocycles. The van der Waals surface area contributed by atoms with E-state index in [9.17, 15) is 43.8 Å². The summed E-state index contributed by atoms with van der Waals surface area (Å²) in [7, 11) is 0. The minimum atomic E-state index is -1.64. The molecule has 0 saturated heterocycles. The number of rotatable bonds is 22. The van der Waals surface area contributed by atoms with Gasteiger partial charge in [-0.3, -0.25) is 28.8 Å². The van der Waals surface area contributed by atoms with Crippen LogP contribution in [0.15, 0.2) is 30.5 Å². The Hall–Kier alpha value is -4.64. The predicted octanol–water partition coefficient (Wildman–Crippen LogP) is 1.09. The lowest BCUT2D eigenvalue weighted by Gasteiger charge is -2.30. The summed E-state index contributed by atoms with van der Waals surface area (Å²) >= 11 is 4.00. The lowest BCUT2D eigenvalue weighted by Crippen LogP contribution is -2.61. The second-order valence-electron chi connectivity index (χ2n) is 13.8. The van der Waals surface area contributed by atoms with Crippen molar-refractivity contribution in [2.75, 3.05) is 5.75 Å². The standard InChI is InChI=1S/C36H55N7O9S/c1-7-19(5)29(34(49)41-27(36(51)52)14-21-16-38-24-12-10-9-11-22(21)24)43-35(50)30(20(6)8-2)42-33(48)26(15-28(44)45)40-32(47)25(13-18(3)4)39-31(46)23(37)17-53/h9-12,16,18-20,23,25-27,29-30,38,53H,7-8,13-15,17,37H2,1-6H3,(H,39,46)(H,40,47)(H,41,49)(H,42,48)(H,43,50)(H,44,45)(H,51,52). The first-order chi connectivity index (χ1) is 24.9. The van der Waals surface area contributed by atoms with Crippen LogP contribution in [0.2, 0.25) is 0 Å². The second kappa shape index (κ2) is 21.2. The van der Waals surface area contributed by atoms with Crippen LogP contribution in [-0.4, -0.2) is 98.7 Å². The van der Waals surface area contributed by atoms with E-state index in [1.807, 2.05) is 24.3 Å². The highest BCUT2D eigenvalue weighted by Crippen LogP contribution is 2.20. The molecule has 0 fully saturated rings. The normalized spacial score (nSPS) is 15.9. The molecule has 0 radical (unpaired) electrons. The first kappa shape index (κ1) is 44.5. The van der Waals surface area contributed by atoms with Crippen LogP contribution in [-0.2, 0) is 40.0 Å². The van der Waals surface area contributed by atoms with Gasteiger partial charge >= 0.3 is 11.9 Å². The maximum Gasteiger partial charge on any atom is 0.326 e. The summed E-state index contributed by atoms with van der Waals surface area (Å²) in [6.07, 6.45) is 1.78. The van der Waals surface area contributed by atoms with Crippen molar-refractivity contribution in [1.29, 1.82) is 0 Å². The molecule has 0 spiro atoms. The number of carbonyl (C=O) groups is 7. The van der Waals surface area contributed by atoms with Crippen LogP contribution in [0.25, 0.3) is 10.9 Å². The van der Waals surface area contributed by atoms with Crippen LogP contribution in [0.3, 0.4) is 0 Å². The van der Waals surface area contributed by atoms with Crippen molar-refractivity contribution in [3.63, 3.8) is 0 Å². The van der Waals surface area contributed by atoms with E-state index in [2.05, 4.69) is 44.2 Å². The zero-order valence-electron chi connectivity index (χ0n) is 31.1. The third-order valence-electron chi connectivity index (χ3n) is 9.19. The van der Waals surface area contributed by atoms with Crippen LogP contribution in [0, 0.1) is 17.8 Å². The van der Waals surface area contributed by atoms with Crippen molar-refractivity contribution >= 4 is 65.0 Å². The van der Waals surface area contributed by atoms with E-state index in [0.29, 0.717) is 18.4 Å². The smallest absolute Gasteiger partial charge is 0.326 e. The maximum atomic E-state index is 13.9. The van der Waals surface area contributed by atoms with E-state index >= 15 is 0 Å². The highest BCUT2D eigenvalue weighted by Gasteiger charge is 2.36. The predicted molar refractivity (Wildman–Crippen MR) is 202 cm³/mol. The van der Waals surface area contributed by atoms with Crippen LogP contribution >= 0.6 is 12.6 Å². The second-order valence-corrected chi connectivity index (χ2v) is 14.2. The average Bonchev–Trinajstić information content (AvgIpc) is 3.52. The summed E-state index contributed by atoms with van der Waals surface area (Å²) in [4.78, 5) is 94.1. The molecule has 8 atom stereocenters. The zero-order chi connectivity index (χ0) is 40.0. The Morgan fingerprint density at radius 1 is 0.736 bits per heavy atom. The average molecular weight is 762 g/mol. The number of fused-ring (bicyclic) bond motifs is 1. The number of thiol groups is 1. The molecule has 2 rings (SSSR count). The molecule has 1 aromatic heterocycles. The van der Waals surface area contributed by atoms with Crippen molar-refractivity contribution < 1.29 is 43.8 Å². The third kappa shape index (κ3) is 13.4. The third-order valence-corrected chi connectivity index (χ3v) is 9.58. The van der Waals surface area contributed by atoms with E-state index in [-0.39, 0.29) is 24.5 Å². The number of nitrogens with two attached hydrogens (primary N) is 1. The number of amides is 5. The summed E-state index contributed by atoms with van der Waals surface area (Å²) in [5.74, 6) is -7.68. The molecule has 0 aliphatic rings. The summed E-state index contributed by atoms with van der Waals surface area (Å²) < 4.78 is 0. The van der Waals surface area contributed by atoms with Gasteiger partial charge < -0.3 is 47.5 Å². The molecule has 16 nitrogen and oxygen atoms in total. The van der Waals surface area contributed by atoms with Gasteiger partial charge in [-0.05, 0) is 35.8 Å². The number of hydrogen-bond acceptors (Lipinski definition) is 9. The molecule has 0 aliphatic carbocycles. The Balaban J connectivity index is 2.30. The van der Waals surface area contributed by atoms with Crippen LogP contribution in [0.4, 0.5) is 0 Å². The highest BCUT2D eigenvalue weighted by atomic mass is 32.1. The zero-order valence-corrected chi connectivity index (χ0v) is 32.0. The lowest BCUT2D eigenvalue weighted by molar-refractivity contribution is -0.142. The largest absolute Gasteiger partial charge is 0.481 e. The van der Waals surface area contributed by atoms with Gasteiger partial charge in [0, 0.05) is 29.3 Å². The number of aliphatic carboxylic acids is 2. The number of carboxylic acid groups (broad SMARTS) is 2. The monoisotopic (exact) mass is 761 g/mol. The van der Waals surface area contributed by atoms with E-state index in [0.717, 1.165) is 10.9 Å². The molecular weight excluding hydrogens is 707 g/mol. The van der Waals surface area contributed by atoms with E-state index in [4.69, 9.17) is 5.73 Å². The number of para-hydroxylation sites is 1. The number of carbonyl (C=O) groups excluding carboxylic acids is 5. The van der Waals surface area contributed by atoms with E-state index < -0.39 is 96.0 Å². The van der Waals surface area contributed by atoms with Crippen LogP contribution in [0.1, 0.15) is 72.8 Å². The number of H-pyrrole nitrogens is 1. The summed E-state index contributed by atoms with van der Waals surface area (Å²) in [5.41, 5.74) is 7.23. The summed E-state index contributed by atoms with van der Waals surface area (Å²) in [6, 6.07) is -0.258. The molecule has 294 valence electrons. The highest BCUT2D eigenvalue weighted by molar-refractivity contribution is 7.80. The van der Waals surface area contributed by atoms with Crippen molar-refractivity contribution in [2.45, 2.75) is 110 Å². The minimum absolute atomic E-state index is 0.00959. The fraction of sp³-hybridized carbons (Fsp3) is 0.583. The van der Waals surface area contributed by atoms with Gasteiger partial charge in [0.2, 0.25) is 29.5 Å². The SMILES string of the molecule is CCC(C)C(NC(=O)C(CC(=O)O)NC(=O)C(CC(C)C)NC(=O)C(N)CS)C(=O)NC(C(=O)NC(Cc1c[nH]c2ccccc12)C(=O)O)C(C)CC. The van der Waals surface area contributed by atoms with Crippen LogP contribution in [0.5, 0.6) is 0 Å². The minimum Gasteiger partial charge on any atom is -0.481 e. The molecule has 2 aromatic rings. The van der Waals surface area contributed by atoms with Crippen molar-refractivity contribution in [1.82, 2.24) is 31.6 Å². The molecule has 53 heavy (non-hydrogen) atoms. The van der Waals surface area contributed by atoms with E-state index in [1.165, 1.54) is 0 Å². The van der Waals surface area contributed by atoms with E-state index in [1.54, 1.807) is 47.7 Å². The first-order valence-electron chi connectivity index (χ1n) is 17.8. The Morgan fingerprint density at radius 2 is 1.25 bits per heavy atom. The number of hydrogen-bond donors (Lipinski definition) is 10. The summed E-state index contributed by atoms with van der Waals surface area (Å²) in [5, 5.41) is 33.2. The van der Waals surface area contributed by atoms with Crippen LogP contribution < -0.4 is 32.3 Å². The Kier molecular flexibility index (Phi) is 17.8. The first-order valence-corrected chi connectivity index (χ1v) is 18.4. The molecule has 1 aromatic carbocycles. The number of benzene rings is 1. The maximum absolute atomic E-state index is 13.9. The fourth-order valence-corrected chi connectivity index (χ4v) is 5.77. The molecule has 17 heteroatoms. The number of aromatic amines is 1. The van der Waals surface area contributed by atoms with Gasteiger partial charge in [-0.1, -0.05) is 72.6 Å². The van der Waals surface area contributed by atoms with Gasteiger partial charge in [0.1, 0.15) is 30.2 Å². The molecular formula is C36H55N7O9S. The Morgan fingerprint density at radius 3 is 1.77 bits per heavy atom. The van der Waals surface area contributed by atoms with Gasteiger partial charge in [0.25, 0.3) is 0 Å². The van der Waals surface area contributed by atoms with Crippen molar-refractivity contribution in [3.8, 4) is 0 Å². The fourth-order valence-electron chi connectivity index (χ4n) is 5.60. The van der Waals surface area contributed by atoms with Gasteiger partial charge in [-0.15, -0.1) is 0 Å². The quantitative estimate of drug-likeness (QED) is 0.0764. The van der Waals surface area contributed by atoms with Gasteiger partial charge in [-0.25, -0.2) is 4.79 Å². The Bertz CT molecular complexity index is 1600. The topological polar surface area (TPSA) is 262 Å². The number of carboxylic acids is 2. The molecule has 10 N–H and O–H groups in total. The van der Waals surface area contributed by atoms with Gasteiger partial charge in [0.05, 0.1) is 12.5 Å². The van der Waals surface area contributed by atoms with Gasteiger partial charge in [-0.2, -0.15) is 12.6 Å². The molecule has 5 amide bonds.